The summed E-state index contributed by atoms with van der Waals surface area (Å²) in [6.07, 6.45) is 1.22. The summed E-state index contributed by atoms with van der Waals surface area (Å²) >= 11 is 0. The third kappa shape index (κ3) is 4.48. The molecule has 1 amide bonds. The number of nitro benzene ring substituents is 1. The maximum atomic E-state index is 12.6. The second-order valence-corrected chi connectivity index (χ2v) is 6.09. The number of nitrogens with one attached hydrogen (secondary N) is 1. The van der Waals surface area contributed by atoms with E-state index in [1.54, 1.807) is 6.92 Å². The van der Waals surface area contributed by atoms with E-state index < -0.39 is 16.8 Å². The fourth-order valence-electron chi connectivity index (χ4n) is 3.11. The second kappa shape index (κ2) is 8.61. The van der Waals surface area contributed by atoms with Gasteiger partial charge in [0, 0.05) is 18.2 Å². The van der Waals surface area contributed by atoms with E-state index in [1.807, 2.05) is 11.8 Å². The number of nitrogens with zero attached hydrogens (tertiary/aromatic N) is 2. The molecule has 0 spiro atoms. The van der Waals surface area contributed by atoms with E-state index in [0.717, 1.165) is 0 Å². The van der Waals surface area contributed by atoms with Gasteiger partial charge in [-0.25, -0.2) is 0 Å². The first-order valence-electron chi connectivity index (χ1n) is 8.54. The molecule has 9 nitrogen and oxygen atoms in total. The Balaban J connectivity index is 2.05. The van der Waals surface area contributed by atoms with Gasteiger partial charge < -0.3 is 15.2 Å². The predicted molar refractivity (Wildman–Crippen MR) is 93.4 cm³/mol. The van der Waals surface area contributed by atoms with Gasteiger partial charge in [-0.05, 0) is 32.4 Å². The number of carbonyl (C=O) groups is 2. The molecule has 1 saturated carbocycles. The van der Waals surface area contributed by atoms with E-state index in [2.05, 4.69) is 5.32 Å². The van der Waals surface area contributed by atoms with Gasteiger partial charge in [0.1, 0.15) is 5.75 Å². The van der Waals surface area contributed by atoms with E-state index in [-0.39, 0.29) is 42.2 Å². The van der Waals surface area contributed by atoms with Crippen molar-refractivity contribution < 1.29 is 24.4 Å². The lowest BCUT2D eigenvalue weighted by atomic mass is 9.85. The van der Waals surface area contributed by atoms with Gasteiger partial charge in [0.25, 0.3) is 11.6 Å². The van der Waals surface area contributed by atoms with Gasteiger partial charge in [-0.1, -0.05) is 13.0 Å². The molecule has 0 bridgehead atoms. The van der Waals surface area contributed by atoms with Crippen molar-refractivity contribution in [3.8, 4) is 5.75 Å². The van der Waals surface area contributed by atoms with E-state index in [1.165, 1.54) is 18.2 Å². The minimum atomic E-state index is -0.888. The van der Waals surface area contributed by atoms with Crippen LogP contribution in [0, 0.1) is 10.1 Å². The van der Waals surface area contributed by atoms with Crippen molar-refractivity contribution >= 4 is 17.6 Å². The lowest BCUT2D eigenvalue weighted by Crippen LogP contribution is -2.54. The summed E-state index contributed by atoms with van der Waals surface area (Å²) in [5, 5.41) is 23.0. The largest absolute Gasteiger partial charge is 0.493 e. The first kappa shape index (κ1) is 19.6. The Morgan fingerprint density at radius 1 is 1.38 bits per heavy atom. The number of benzene rings is 1. The predicted octanol–water partition coefficient (Wildman–Crippen LogP) is 1.66. The van der Waals surface area contributed by atoms with Gasteiger partial charge in [-0.15, -0.1) is 0 Å². The number of carbonyl (C=O) groups excluding carboxylic acids is 1. The lowest BCUT2D eigenvalue weighted by Gasteiger charge is -2.42. The van der Waals surface area contributed by atoms with Crippen LogP contribution in [0.4, 0.5) is 5.69 Å². The zero-order valence-electron chi connectivity index (χ0n) is 14.8. The van der Waals surface area contributed by atoms with E-state index in [4.69, 9.17) is 9.84 Å². The molecule has 0 unspecified atom stereocenters. The van der Waals surface area contributed by atoms with Crippen LogP contribution in [0.1, 0.15) is 37.0 Å². The van der Waals surface area contributed by atoms with Crippen molar-refractivity contribution in [1.29, 1.82) is 0 Å². The Morgan fingerprint density at radius 2 is 2.08 bits per heavy atom. The number of likely N-dealkylation sites (N-methyl/N-ethyl adjacent to an activating group) is 1. The van der Waals surface area contributed by atoms with Crippen LogP contribution < -0.4 is 10.1 Å². The summed E-state index contributed by atoms with van der Waals surface area (Å²) in [7, 11) is 0. The topological polar surface area (TPSA) is 122 Å². The molecule has 0 aliphatic heterocycles. The van der Waals surface area contributed by atoms with Crippen molar-refractivity contribution in [3.05, 3.63) is 33.9 Å². The summed E-state index contributed by atoms with van der Waals surface area (Å²) in [4.78, 5) is 35.9. The van der Waals surface area contributed by atoms with Gasteiger partial charge in [0.05, 0.1) is 18.1 Å². The van der Waals surface area contributed by atoms with Crippen LogP contribution in [-0.2, 0) is 4.79 Å². The van der Waals surface area contributed by atoms with Crippen molar-refractivity contribution in [2.75, 3.05) is 19.7 Å². The molecule has 0 atom stereocenters. The molecule has 9 heteroatoms. The highest BCUT2D eigenvalue weighted by atomic mass is 16.6. The van der Waals surface area contributed by atoms with E-state index in [9.17, 15) is 19.7 Å². The molecule has 0 heterocycles. The van der Waals surface area contributed by atoms with Gasteiger partial charge in [0.15, 0.2) is 5.56 Å². The molecule has 0 radical (unpaired) electrons. The summed E-state index contributed by atoms with van der Waals surface area (Å²) in [6, 6.07) is 4.21. The Kier molecular flexibility index (Phi) is 6.51. The number of carboxylic acids is 1. The third-order valence-electron chi connectivity index (χ3n) is 4.44. The Hall–Kier alpha value is -2.68. The van der Waals surface area contributed by atoms with Crippen molar-refractivity contribution in [2.24, 2.45) is 0 Å². The van der Waals surface area contributed by atoms with Crippen LogP contribution in [0.2, 0.25) is 0 Å². The number of amides is 1. The number of nitro groups is 1. The van der Waals surface area contributed by atoms with Crippen LogP contribution >= 0.6 is 0 Å². The Bertz CT molecular complexity index is 687. The molecule has 1 aliphatic rings. The van der Waals surface area contributed by atoms with Crippen molar-refractivity contribution in [1.82, 2.24) is 10.2 Å². The normalized spacial score (nSPS) is 18.9. The zero-order chi connectivity index (χ0) is 19.3. The highest BCUT2D eigenvalue weighted by Crippen LogP contribution is 2.30. The van der Waals surface area contributed by atoms with Crippen LogP contribution in [0.3, 0.4) is 0 Å². The molecule has 1 fully saturated rings. The number of hydrogen-bond donors (Lipinski definition) is 2. The number of ether oxygens (including phenoxy) is 1. The first-order valence-corrected chi connectivity index (χ1v) is 8.54. The summed E-state index contributed by atoms with van der Waals surface area (Å²) < 4.78 is 5.36. The smallest absolute Gasteiger partial charge is 0.317 e. The molecule has 1 aromatic rings. The quantitative estimate of drug-likeness (QED) is 0.504. The van der Waals surface area contributed by atoms with Crippen LogP contribution in [-0.4, -0.2) is 58.6 Å². The molecule has 1 aliphatic carbocycles. The molecule has 0 saturated heterocycles. The molecule has 142 valence electrons. The third-order valence-corrected chi connectivity index (χ3v) is 4.44. The molecular weight excluding hydrogens is 342 g/mol. The number of rotatable bonds is 9. The van der Waals surface area contributed by atoms with Crippen molar-refractivity contribution in [2.45, 2.75) is 38.8 Å². The zero-order valence-corrected chi connectivity index (χ0v) is 14.8. The van der Waals surface area contributed by atoms with Gasteiger partial charge in [-0.2, -0.15) is 0 Å². The van der Waals surface area contributed by atoms with Gasteiger partial charge in [0.2, 0.25) is 0 Å². The monoisotopic (exact) mass is 365 g/mol. The van der Waals surface area contributed by atoms with Crippen LogP contribution in [0.5, 0.6) is 5.75 Å². The Labute approximate surface area is 151 Å². The summed E-state index contributed by atoms with van der Waals surface area (Å²) in [6.45, 7) is 4.47. The van der Waals surface area contributed by atoms with Gasteiger partial charge >= 0.3 is 5.97 Å². The molecular formula is C17H23N3O6. The molecule has 26 heavy (non-hydrogen) atoms. The molecule has 1 aromatic carbocycles. The highest BCUT2D eigenvalue weighted by molar-refractivity contribution is 6.01. The fourth-order valence-corrected chi connectivity index (χ4v) is 3.11. The Morgan fingerprint density at radius 3 is 2.62 bits per heavy atom. The summed E-state index contributed by atoms with van der Waals surface area (Å²) in [5.41, 5.74) is -0.383. The van der Waals surface area contributed by atoms with Crippen LogP contribution in [0.25, 0.3) is 0 Å². The maximum absolute atomic E-state index is 12.6. The average molecular weight is 365 g/mol. The minimum absolute atomic E-state index is 0.0412. The van der Waals surface area contributed by atoms with E-state index in [0.29, 0.717) is 19.4 Å². The number of carboxylic acid groups (broad SMARTS) is 1. The second-order valence-electron chi connectivity index (χ2n) is 6.09. The molecule has 2 rings (SSSR count). The SMILES string of the molecule is CCOc1cccc([N+](=O)[O-])c1C(=O)NC1CC(N(CC)CC(=O)O)C1. The minimum Gasteiger partial charge on any atom is -0.493 e. The van der Waals surface area contributed by atoms with Crippen LogP contribution in [0.15, 0.2) is 18.2 Å². The first-order chi connectivity index (χ1) is 12.4. The lowest BCUT2D eigenvalue weighted by molar-refractivity contribution is -0.385. The molecule has 2 N–H and O–H groups in total. The standard InChI is InChI=1S/C17H23N3O6/c1-3-19(10-15(21)22)12-8-11(9-12)18-17(23)16-13(20(24)25)6-5-7-14(16)26-4-2/h5-7,11-12H,3-4,8-10H2,1-2H3,(H,18,23)(H,21,22). The van der Waals surface area contributed by atoms with E-state index >= 15 is 0 Å². The van der Waals surface area contributed by atoms with Crippen molar-refractivity contribution in [3.63, 3.8) is 0 Å². The fraction of sp³-hybridized carbons (Fsp3) is 0.529. The van der Waals surface area contributed by atoms with Gasteiger partial charge in [-0.3, -0.25) is 24.6 Å². The maximum Gasteiger partial charge on any atom is 0.317 e. The highest BCUT2D eigenvalue weighted by Gasteiger charge is 2.36. The number of aliphatic carboxylic acids is 1. The molecule has 0 aromatic heterocycles. The average Bonchev–Trinajstić information content (AvgIpc) is 2.55. The summed E-state index contributed by atoms with van der Waals surface area (Å²) in [5.74, 6) is -1.26. The number of hydrogen-bond acceptors (Lipinski definition) is 6.